The van der Waals surface area contributed by atoms with E-state index in [1.54, 1.807) is 25.1 Å². The highest BCUT2D eigenvalue weighted by molar-refractivity contribution is 6.00. The summed E-state index contributed by atoms with van der Waals surface area (Å²) in [4.78, 5) is 11.7. The van der Waals surface area contributed by atoms with Crippen LogP contribution in [0.5, 0.6) is 0 Å². The molecule has 0 aliphatic rings. The minimum Gasteiger partial charge on any atom is -0.349 e. The summed E-state index contributed by atoms with van der Waals surface area (Å²) >= 11 is 0. The second-order valence-corrected chi connectivity index (χ2v) is 3.76. The fourth-order valence-electron chi connectivity index (χ4n) is 1.38. The molecule has 0 aliphatic heterocycles. The molecule has 1 aromatic rings. The first-order valence-electron chi connectivity index (χ1n) is 5.38. The van der Waals surface area contributed by atoms with Crippen LogP contribution < -0.4 is 5.32 Å². The van der Waals surface area contributed by atoms with Gasteiger partial charge in [-0.3, -0.25) is 4.79 Å². The van der Waals surface area contributed by atoms with Crippen molar-refractivity contribution in [2.75, 3.05) is 6.54 Å². The van der Waals surface area contributed by atoms with Crippen molar-refractivity contribution < 1.29 is 9.18 Å². The van der Waals surface area contributed by atoms with Gasteiger partial charge >= 0.3 is 0 Å². The molecule has 0 bridgehead atoms. The molecule has 0 atom stereocenters. The van der Waals surface area contributed by atoms with E-state index in [0.717, 1.165) is 11.1 Å². The largest absolute Gasteiger partial charge is 0.349 e. The lowest BCUT2D eigenvalue weighted by molar-refractivity contribution is -0.117. The van der Waals surface area contributed by atoms with Crippen LogP contribution >= 0.6 is 0 Å². The summed E-state index contributed by atoms with van der Waals surface area (Å²) in [5, 5.41) is 2.71. The summed E-state index contributed by atoms with van der Waals surface area (Å²) in [5.41, 5.74) is 2.31. The monoisotopic (exact) mass is 233 g/mol. The molecule has 1 amide bonds. The molecule has 2 nitrogen and oxygen atoms in total. The highest BCUT2D eigenvalue weighted by Crippen LogP contribution is 2.18. The molecule has 1 aromatic carbocycles. The molecular formula is C14H16FNO. The van der Waals surface area contributed by atoms with E-state index in [1.807, 2.05) is 6.92 Å². The zero-order valence-electron chi connectivity index (χ0n) is 10.1. The molecule has 0 aliphatic carbocycles. The molecule has 90 valence electrons. The number of hydrogen-bond donors (Lipinski definition) is 1. The third-order valence-electron chi connectivity index (χ3n) is 2.59. The fraction of sp³-hybridized carbons (Fsp3) is 0.214. The van der Waals surface area contributed by atoms with Crippen LogP contribution in [-0.2, 0) is 4.79 Å². The van der Waals surface area contributed by atoms with Crippen molar-refractivity contribution in [2.24, 2.45) is 0 Å². The standard InChI is InChI=1S/C14H16FNO/c1-4-9-16-14(17)11(3)10(2)12-5-7-13(15)8-6-12/h4-8H,1,9H2,2-3H3,(H,16,17)/b11-10-. The van der Waals surface area contributed by atoms with Gasteiger partial charge in [-0.25, -0.2) is 4.39 Å². The Morgan fingerprint density at radius 3 is 2.47 bits per heavy atom. The lowest BCUT2D eigenvalue weighted by atomic mass is 10.0. The van der Waals surface area contributed by atoms with E-state index in [0.29, 0.717) is 12.1 Å². The molecule has 3 heteroatoms. The van der Waals surface area contributed by atoms with Crippen molar-refractivity contribution in [3.05, 3.63) is 53.9 Å². The fourth-order valence-corrected chi connectivity index (χ4v) is 1.38. The molecular weight excluding hydrogens is 217 g/mol. The Bertz CT molecular complexity index is 446. The maximum atomic E-state index is 12.8. The Kier molecular flexibility index (Phi) is 4.64. The molecule has 0 unspecified atom stereocenters. The normalized spacial score (nSPS) is 11.7. The van der Waals surface area contributed by atoms with Gasteiger partial charge in [0.15, 0.2) is 0 Å². The summed E-state index contributed by atoms with van der Waals surface area (Å²) in [6.45, 7) is 7.56. The molecule has 0 fully saturated rings. The summed E-state index contributed by atoms with van der Waals surface area (Å²) < 4.78 is 12.8. The minimum atomic E-state index is -0.282. The molecule has 0 heterocycles. The van der Waals surface area contributed by atoms with E-state index < -0.39 is 0 Å². The number of amides is 1. The number of halogens is 1. The molecule has 1 N–H and O–H groups in total. The Hall–Kier alpha value is -1.90. The van der Waals surface area contributed by atoms with Crippen molar-refractivity contribution in [1.29, 1.82) is 0 Å². The van der Waals surface area contributed by atoms with Gasteiger partial charge in [-0.05, 0) is 37.1 Å². The van der Waals surface area contributed by atoms with Gasteiger partial charge in [0.1, 0.15) is 5.82 Å². The van der Waals surface area contributed by atoms with Gasteiger partial charge in [-0.15, -0.1) is 6.58 Å². The second-order valence-electron chi connectivity index (χ2n) is 3.76. The molecule has 0 aromatic heterocycles. The summed E-state index contributed by atoms with van der Waals surface area (Å²) in [7, 11) is 0. The number of nitrogens with one attached hydrogen (secondary N) is 1. The van der Waals surface area contributed by atoms with Crippen molar-refractivity contribution >= 4 is 11.5 Å². The first-order valence-corrected chi connectivity index (χ1v) is 5.38. The molecule has 17 heavy (non-hydrogen) atoms. The van der Waals surface area contributed by atoms with E-state index in [4.69, 9.17) is 0 Å². The van der Waals surface area contributed by atoms with E-state index in [2.05, 4.69) is 11.9 Å². The van der Waals surface area contributed by atoms with E-state index >= 15 is 0 Å². The number of carbonyl (C=O) groups is 1. The maximum Gasteiger partial charge on any atom is 0.247 e. The minimum absolute atomic E-state index is 0.133. The predicted molar refractivity (Wildman–Crippen MR) is 67.9 cm³/mol. The summed E-state index contributed by atoms with van der Waals surface area (Å²) in [6, 6.07) is 6.09. The second kappa shape index (κ2) is 5.99. The van der Waals surface area contributed by atoms with E-state index in [1.165, 1.54) is 12.1 Å². The van der Waals surface area contributed by atoms with Gasteiger partial charge in [0, 0.05) is 12.1 Å². The van der Waals surface area contributed by atoms with Crippen LogP contribution in [0.2, 0.25) is 0 Å². The van der Waals surface area contributed by atoms with Crippen LogP contribution in [0.1, 0.15) is 19.4 Å². The van der Waals surface area contributed by atoms with E-state index in [-0.39, 0.29) is 11.7 Å². The van der Waals surface area contributed by atoms with Crippen molar-refractivity contribution in [3.8, 4) is 0 Å². The van der Waals surface area contributed by atoms with Gasteiger partial charge in [-0.1, -0.05) is 18.2 Å². The zero-order valence-corrected chi connectivity index (χ0v) is 10.1. The summed E-state index contributed by atoms with van der Waals surface area (Å²) in [6.07, 6.45) is 1.62. The van der Waals surface area contributed by atoms with E-state index in [9.17, 15) is 9.18 Å². The molecule has 0 saturated heterocycles. The van der Waals surface area contributed by atoms with Gasteiger partial charge in [-0.2, -0.15) is 0 Å². The zero-order chi connectivity index (χ0) is 12.8. The lowest BCUT2D eigenvalue weighted by Gasteiger charge is -2.08. The Labute approximate surface area is 101 Å². The average molecular weight is 233 g/mol. The molecule has 0 saturated carbocycles. The lowest BCUT2D eigenvalue weighted by Crippen LogP contribution is -2.24. The Morgan fingerprint density at radius 1 is 1.35 bits per heavy atom. The van der Waals surface area contributed by atoms with Crippen LogP contribution in [0.3, 0.4) is 0 Å². The molecule has 0 spiro atoms. The Balaban J connectivity index is 2.92. The third kappa shape index (κ3) is 3.55. The maximum absolute atomic E-state index is 12.8. The van der Waals surface area contributed by atoms with Crippen molar-refractivity contribution in [1.82, 2.24) is 5.32 Å². The van der Waals surface area contributed by atoms with Crippen LogP contribution in [0.25, 0.3) is 5.57 Å². The SMILES string of the molecule is C=CCNC(=O)/C(C)=C(/C)c1ccc(F)cc1. The van der Waals surface area contributed by atoms with Gasteiger partial charge in [0.05, 0.1) is 0 Å². The number of rotatable bonds is 4. The quantitative estimate of drug-likeness (QED) is 0.628. The number of benzene rings is 1. The Morgan fingerprint density at radius 2 is 1.94 bits per heavy atom. The first kappa shape index (κ1) is 13.2. The predicted octanol–water partition coefficient (Wildman–Crippen LogP) is 2.92. The van der Waals surface area contributed by atoms with Crippen LogP contribution in [0.15, 0.2) is 42.5 Å². The molecule has 1 rings (SSSR count). The van der Waals surface area contributed by atoms with Crippen LogP contribution in [-0.4, -0.2) is 12.5 Å². The first-order chi connectivity index (χ1) is 8.06. The number of carbonyl (C=O) groups excluding carboxylic acids is 1. The van der Waals surface area contributed by atoms with Crippen LogP contribution in [0, 0.1) is 5.82 Å². The third-order valence-corrected chi connectivity index (χ3v) is 2.59. The van der Waals surface area contributed by atoms with Gasteiger partial charge in [0.25, 0.3) is 0 Å². The van der Waals surface area contributed by atoms with Gasteiger partial charge in [0.2, 0.25) is 5.91 Å². The smallest absolute Gasteiger partial charge is 0.247 e. The average Bonchev–Trinajstić information content (AvgIpc) is 2.35. The molecule has 0 radical (unpaired) electrons. The number of hydrogen-bond acceptors (Lipinski definition) is 1. The highest BCUT2D eigenvalue weighted by Gasteiger charge is 2.08. The topological polar surface area (TPSA) is 29.1 Å². The highest BCUT2D eigenvalue weighted by atomic mass is 19.1. The summed E-state index contributed by atoms with van der Waals surface area (Å²) in [5.74, 6) is -0.415. The van der Waals surface area contributed by atoms with Crippen molar-refractivity contribution in [2.45, 2.75) is 13.8 Å². The van der Waals surface area contributed by atoms with Gasteiger partial charge < -0.3 is 5.32 Å². The number of allylic oxidation sites excluding steroid dienone is 1. The van der Waals surface area contributed by atoms with Crippen LogP contribution in [0.4, 0.5) is 4.39 Å². The van der Waals surface area contributed by atoms with Crippen molar-refractivity contribution in [3.63, 3.8) is 0 Å².